The van der Waals surface area contributed by atoms with E-state index in [2.05, 4.69) is 11.4 Å². The lowest BCUT2D eigenvalue weighted by atomic mass is 9.74. The number of carbonyl (C=O) groups excluding carboxylic acids is 2. The summed E-state index contributed by atoms with van der Waals surface area (Å²) in [5.74, 6) is -0.980. The first-order valence-corrected chi connectivity index (χ1v) is 15.3. The maximum Gasteiger partial charge on any atom is 0.411 e. The van der Waals surface area contributed by atoms with E-state index in [4.69, 9.17) is 4.74 Å². The number of rotatable bonds is 5. The maximum absolute atomic E-state index is 15.2. The Kier molecular flexibility index (Phi) is 7.59. The molecule has 3 fully saturated rings. The number of hydrogen-bond acceptors (Lipinski definition) is 6. The van der Waals surface area contributed by atoms with Crippen molar-refractivity contribution in [3.63, 3.8) is 0 Å². The predicted octanol–water partition coefficient (Wildman–Crippen LogP) is 4.36. The van der Waals surface area contributed by atoms with Gasteiger partial charge in [-0.1, -0.05) is 18.2 Å². The highest BCUT2D eigenvalue weighted by Gasteiger charge is 2.49. The fraction of sp³-hybridized carbons (Fsp3) is 0.500. The second-order valence-corrected chi connectivity index (χ2v) is 14.2. The molecule has 11 heteroatoms. The minimum Gasteiger partial charge on any atom is -0.444 e. The Morgan fingerprint density at radius 1 is 1.12 bits per heavy atom. The van der Waals surface area contributed by atoms with Crippen LogP contribution in [0, 0.1) is 23.1 Å². The molecule has 1 saturated carbocycles. The lowest BCUT2D eigenvalue weighted by molar-refractivity contribution is -0.135. The summed E-state index contributed by atoms with van der Waals surface area (Å²) in [4.78, 5) is 28.3. The minimum absolute atomic E-state index is 0.0232. The molecule has 2 bridgehead atoms. The summed E-state index contributed by atoms with van der Waals surface area (Å²) in [5, 5.41) is 12.6. The number of nitrogens with zero attached hydrogens (tertiary/aromatic N) is 3. The van der Waals surface area contributed by atoms with E-state index in [9.17, 15) is 23.3 Å². The van der Waals surface area contributed by atoms with Crippen LogP contribution in [-0.4, -0.2) is 60.4 Å². The molecule has 0 aromatic heterocycles. The van der Waals surface area contributed by atoms with Crippen LogP contribution in [0.5, 0.6) is 0 Å². The van der Waals surface area contributed by atoms with Gasteiger partial charge < -0.3 is 10.1 Å². The van der Waals surface area contributed by atoms with Crippen LogP contribution in [0.15, 0.2) is 41.3 Å². The summed E-state index contributed by atoms with van der Waals surface area (Å²) >= 11 is 0. The summed E-state index contributed by atoms with van der Waals surface area (Å²) in [7, 11) is -1.97. The molecule has 0 radical (unpaired) electrons. The molecule has 41 heavy (non-hydrogen) atoms. The highest BCUT2D eigenvalue weighted by Crippen LogP contribution is 2.40. The third-order valence-electron chi connectivity index (χ3n) is 8.18. The number of fused-ring (bicyclic) bond motifs is 4. The summed E-state index contributed by atoms with van der Waals surface area (Å²) in [6.45, 7) is 5.59. The van der Waals surface area contributed by atoms with Gasteiger partial charge in [0.2, 0.25) is 15.9 Å². The zero-order chi connectivity index (χ0) is 29.7. The number of amides is 2. The molecule has 4 aliphatic rings. The molecule has 218 valence electrons. The van der Waals surface area contributed by atoms with Gasteiger partial charge in [-0.05, 0) is 92.8 Å². The van der Waals surface area contributed by atoms with Gasteiger partial charge in [0.05, 0.1) is 11.0 Å². The maximum atomic E-state index is 15.2. The third kappa shape index (κ3) is 5.68. The molecule has 9 nitrogen and oxygen atoms in total. The number of nitrogens with one attached hydrogen (secondary N) is 1. The van der Waals surface area contributed by atoms with Gasteiger partial charge in [-0.3, -0.25) is 9.69 Å². The van der Waals surface area contributed by atoms with Crippen LogP contribution in [0.25, 0.3) is 11.1 Å². The number of hydrogen-bond donors (Lipinski definition) is 1. The van der Waals surface area contributed by atoms with E-state index in [0.29, 0.717) is 16.7 Å². The Labute approximate surface area is 240 Å². The minimum atomic E-state index is -3.49. The summed E-state index contributed by atoms with van der Waals surface area (Å²) in [6, 6.07) is 9.83. The molecule has 1 aliphatic carbocycles. The van der Waals surface area contributed by atoms with Gasteiger partial charge in [0, 0.05) is 26.1 Å². The smallest absolute Gasteiger partial charge is 0.411 e. The molecule has 2 aromatic carbocycles. The Balaban J connectivity index is 1.30. The summed E-state index contributed by atoms with van der Waals surface area (Å²) in [5.41, 5.74) is 1.46. The average molecular weight is 583 g/mol. The molecular formula is C30H35FN4O5S. The monoisotopic (exact) mass is 582 g/mol. The first-order valence-electron chi connectivity index (χ1n) is 13.9. The van der Waals surface area contributed by atoms with Crippen molar-refractivity contribution in [3.05, 3.63) is 53.3 Å². The van der Waals surface area contributed by atoms with E-state index in [1.165, 1.54) is 23.5 Å². The quantitative estimate of drug-likeness (QED) is 0.560. The predicted molar refractivity (Wildman–Crippen MR) is 149 cm³/mol. The lowest BCUT2D eigenvalue weighted by Gasteiger charge is -2.50. The average Bonchev–Trinajstić information content (AvgIpc) is 3.15. The lowest BCUT2D eigenvalue weighted by Crippen LogP contribution is -2.64. The zero-order valence-corrected chi connectivity index (χ0v) is 24.5. The van der Waals surface area contributed by atoms with Crippen LogP contribution >= 0.6 is 0 Å². The molecule has 0 spiro atoms. The Morgan fingerprint density at radius 2 is 1.78 bits per heavy atom. The summed E-state index contributed by atoms with van der Waals surface area (Å²) in [6.07, 6.45) is 2.68. The topological polar surface area (TPSA) is 120 Å². The van der Waals surface area contributed by atoms with Gasteiger partial charge in [0.15, 0.2) is 0 Å². The van der Waals surface area contributed by atoms with Gasteiger partial charge in [-0.15, -0.1) is 0 Å². The fourth-order valence-corrected chi connectivity index (χ4v) is 7.53. The molecule has 3 aliphatic heterocycles. The molecule has 6 rings (SSSR count). The van der Waals surface area contributed by atoms with Crippen molar-refractivity contribution in [1.29, 1.82) is 5.26 Å². The number of nitriles is 1. The third-order valence-corrected chi connectivity index (χ3v) is 10.1. The second kappa shape index (κ2) is 10.7. The van der Waals surface area contributed by atoms with E-state index in [-0.39, 0.29) is 35.4 Å². The van der Waals surface area contributed by atoms with Gasteiger partial charge in [-0.25, -0.2) is 17.6 Å². The molecule has 1 unspecified atom stereocenters. The molecular weight excluding hydrogens is 547 g/mol. The van der Waals surface area contributed by atoms with Crippen molar-refractivity contribution in [2.24, 2.45) is 5.92 Å². The normalized spacial score (nSPS) is 23.9. The highest BCUT2D eigenvalue weighted by molar-refractivity contribution is 7.89. The van der Waals surface area contributed by atoms with Crippen LogP contribution < -0.4 is 5.32 Å². The van der Waals surface area contributed by atoms with Crippen LogP contribution in [-0.2, 0) is 32.5 Å². The van der Waals surface area contributed by atoms with E-state index >= 15 is 4.39 Å². The Morgan fingerprint density at radius 3 is 2.41 bits per heavy atom. The molecule has 2 amide bonds. The second-order valence-electron chi connectivity index (χ2n) is 12.2. The molecule has 3 heterocycles. The van der Waals surface area contributed by atoms with E-state index in [1.54, 1.807) is 49.9 Å². The van der Waals surface area contributed by atoms with Crippen molar-refractivity contribution in [2.45, 2.75) is 88.0 Å². The zero-order valence-electron chi connectivity index (χ0n) is 23.7. The number of carbonyl (C=O) groups is 2. The van der Waals surface area contributed by atoms with Crippen molar-refractivity contribution < 1.29 is 27.1 Å². The number of halogens is 1. The first-order chi connectivity index (χ1) is 19.3. The largest absolute Gasteiger partial charge is 0.444 e. The van der Waals surface area contributed by atoms with E-state index in [1.807, 2.05) is 0 Å². The fourth-order valence-electron chi connectivity index (χ4n) is 6.19. The van der Waals surface area contributed by atoms with E-state index in [0.717, 1.165) is 25.7 Å². The number of piperidine rings is 2. The number of benzene rings is 2. The SMILES string of the molecule is CN1Cc2cc(-c3ccc(C[C@@H](C#N)NC(=O)C4C5CCC(CC5)N4C(=O)OC(C)(C)C)c(F)c3)ccc2S1(=O)=O. The molecule has 2 aromatic rings. The molecule has 2 saturated heterocycles. The van der Waals surface area contributed by atoms with Crippen molar-refractivity contribution >= 4 is 22.0 Å². The molecule has 1 N–H and O–H groups in total. The van der Waals surface area contributed by atoms with Gasteiger partial charge in [-0.2, -0.15) is 9.57 Å². The molecule has 2 atom stereocenters. The van der Waals surface area contributed by atoms with Crippen LogP contribution in [0.1, 0.15) is 57.6 Å². The van der Waals surface area contributed by atoms with Crippen molar-refractivity contribution in [2.75, 3.05) is 7.05 Å². The Bertz CT molecular complexity index is 1520. The van der Waals surface area contributed by atoms with Crippen molar-refractivity contribution in [3.8, 4) is 17.2 Å². The standard InChI is InChI=1S/C30H35FN4O5S/c1-30(2,3)40-29(37)35-24-10-7-18(8-11-24)27(35)28(36)33-23(16-32)14-21-6-5-20(15-25(21)31)19-9-12-26-22(13-19)17-34(4)41(26,38)39/h5-6,9,12-13,15,18,23-24,27H,7-8,10-11,14,17H2,1-4H3,(H,33,36)/t18?,23-,24?,27?/m0/s1. The Hall–Kier alpha value is -3.49. The first kappa shape index (κ1) is 29.0. The highest BCUT2D eigenvalue weighted by atomic mass is 32.2. The number of sulfonamides is 1. The van der Waals surface area contributed by atoms with Gasteiger partial charge in [0.25, 0.3) is 0 Å². The van der Waals surface area contributed by atoms with Gasteiger partial charge in [0.1, 0.15) is 23.5 Å². The number of ether oxygens (including phenoxy) is 1. The van der Waals surface area contributed by atoms with Crippen molar-refractivity contribution in [1.82, 2.24) is 14.5 Å². The van der Waals surface area contributed by atoms with Crippen LogP contribution in [0.3, 0.4) is 0 Å². The van der Waals surface area contributed by atoms with E-state index < -0.39 is 45.5 Å². The summed E-state index contributed by atoms with van der Waals surface area (Å²) < 4.78 is 46.8. The van der Waals surface area contributed by atoms with Crippen LogP contribution in [0.2, 0.25) is 0 Å². The van der Waals surface area contributed by atoms with Crippen LogP contribution in [0.4, 0.5) is 9.18 Å². The van der Waals surface area contributed by atoms with Gasteiger partial charge >= 0.3 is 6.09 Å².